The summed E-state index contributed by atoms with van der Waals surface area (Å²) in [7, 11) is 1.66. The van der Waals surface area contributed by atoms with E-state index < -0.39 is 11.6 Å². The van der Waals surface area contributed by atoms with Gasteiger partial charge in [-0.2, -0.15) is 0 Å². The highest BCUT2D eigenvalue weighted by Crippen LogP contribution is 2.27. The van der Waals surface area contributed by atoms with E-state index in [1.54, 1.807) is 25.5 Å². The molecule has 166 valence electrons. The Labute approximate surface area is 189 Å². The first-order valence-electron chi connectivity index (χ1n) is 10.1. The van der Waals surface area contributed by atoms with Gasteiger partial charge in [0.05, 0.1) is 11.7 Å². The number of pyridine rings is 1. The van der Waals surface area contributed by atoms with Crippen LogP contribution in [0, 0.1) is 11.6 Å². The molecule has 0 saturated carbocycles. The van der Waals surface area contributed by atoms with Crippen molar-refractivity contribution in [3.63, 3.8) is 0 Å². The quantitative estimate of drug-likeness (QED) is 0.467. The van der Waals surface area contributed by atoms with Crippen molar-refractivity contribution in [2.75, 3.05) is 38.1 Å². The number of allylic oxidation sites excluding steroid dienone is 1. The average molecular weight is 458 g/mol. The van der Waals surface area contributed by atoms with Crippen molar-refractivity contribution in [3.8, 4) is 0 Å². The number of fused-ring (bicyclic) bond motifs is 1. The Hall–Kier alpha value is -3.17. The fourth-order valence-corrected chi connectivity index (χ4v) is 3.82. The van der Waals surface area contributed by atoms with Gasteiger partial charge in [0.2, 0.25) is 0 Å². The predicted molar refractivity (Wildman–Crippen MR) is 123 cm³/mol. The van der Waals surface area contributed by atoms with Crippen molar-refractivity contribution in [2.24, 2.45) is 10.7 Å². The van der Waals surface area contributed by atoms with Gasteiger partial charge in [-0.3, -0.25) is 9.89 Å². The number of rotatable bonds is 5. The molecule has 1 saturated heterocycles. The van der Waals surface area contributed by atoms with Crippen molar-refractivity contribution < 1.29 is 8.78 Å². The maximum Gasteiger partial charge on any atom is 0.156 e. The Bertz CT molecular complexity index is 1190. The minimum atomic E-state index is -0.576. The summed E-state index contributed by atoms with van der Waals surface area (Å²) >= 11 is 6.05. The molecule has 2 N–H and O–H groups in total. The minimum absolute atomic E-state index is 0.335. The van der Waals surface area contributed by atoms with Crippen LogP contribution in [0.1, 0.15) is 11.3 Å². The smallest absolute Gasteiger partial charge is 0.156 e. The Morgan fingerprint density at radius 2 is 1.94 bits per heavy atom. The van der Waals surface area contributed by atoms with E-state index in [-0.39, 0.29) is 0 Å². The van der Waals surface area contributed by atoms with Crippen molar-refractivity contribution in [2.45, 2.75) is 6.54 Å². The van der Waals surface area contributed by atoms with Gasteiger partial charge in [-0.15, -0.1) is 0 Å². The summed E-state index contributed by atoms with van der Waals surface area (Å²) in [6.07, 6.45) is 4.66. The van der Waals surface area contributed by atoms with Gasteiger partial charge in [-0.1, -0.05) is 17.7 Å². The zero-order valence-corrected chi connectivity index (χ0v) is 18.2. The third kappa shape index (κ3) is 4.68. The Balaban J connectivity index is 1.60. The molecular weight excluding hydrogens is 436 g/mol. The van der Waals surface area contributed by atoms with Gasteiger partial charge < -0.3 is 10.6 Å². The summed E-state index contributed by atoms with van der Waals surface area (Å²) in [5.41, 5.74) is 8.79. The molecule has 0 atom stereocenters. The van der Waals surface area contributed by atoms with Crippen molar-refractivity contribution >= 4 is 40.2 Å². The first-order valence-corrected chi connectivity index (χ1v) is 10.4. The van der Waals surface area contributed by atoms with E-state index in [1.807, 2.05) is 0 Å². The summed E-state index contributed by atoms with van der Waals surface area (Å²) < 4.78 is 27.2. The van der Waals surface area contributed by atoms with Crippen molar-refractivity contribution in [1.82, 2.24) is 19.9 Å². The third-order valence-electron chi connectivity index (χ3n) is 5.30. The number of aromatic nitrogens is 3. The molecule has 4 rings (SSSR count). The van der Waals surface area contributed by atoms with Crippen LogP contribution in [0.3, 0.4) is 0 Å². The first kappa shape index (κ1) is 22.0. The highest BCUT2D eigenvalue weighted by molar-refractivity contribution is 6.30. The minimum Gasteiger partial charge on any atom is -0.404 e. The van der Waals surface area contributed by atoms with Gasteiger partial charge >= 0.3 is 0 Å². The molecule has 1 aliphatic rings. The molecule has 0 amide bonds. The van der Waals surface area contributed by atoms with Gasteiger partial charge in [0.15, 0.2) is 5.82 Å². The molecule has 0 unspecified atom stereocenters. The van der Waals surface area contributed by atoms with Crippen LogP contribution in [0.4, 0.5) is 14.6 Å². The molecular formula is C22H22ClF2N7. The number of piperazine rings is 1. The fourth-order valence-electron chi connectivity index (χ4n) is 3.67. The number of aliphatic imine (C=N–C) groups is 1. The number of hydrogen-bond acceptors (Lipinski definition) is 7. The van der Waals surface area contributed by atoms with Crippen LogP contribution < -0.4 is 10.6 Å². The summed E-state index contributed by atoms with van der Waals surface area (Å²) in [6, 6.07) is 5.36. The average Bonchev–Trinajstić information content (AvgIpc) is 2.79. The standard InChI is InChI=1S/C22H22ClF2N7/c1-27-11-15(10-26)21-22(30-18-9-20(23)28-12-19(18)29-21)32-6-4-31(5-7-32)13-14-2-3-16(24)8-17(14)25/h2-3,8-12H,4-7,13,26H2,1H3/b15-10+,27-11?. The second kappa shape index (κ2) is 9.54. The summed E-state index contributed by atoms with van der Waals surface area (Å²) in [4.78, 5) is 21.9. The highest BCUT2D eigenvalue weighted by Gasteiger charge is 2.24. The number of anilines is 1. The van der Waals surface area contributed by atoms with Crippen LogP contribution >= 0.6 is 11.6 Å². The predicted octanol–water partition coefficient (Wildman–Crippen LogP) is 3.28. The normalized spacial score (nSPS) is 15.8. The number of halogens is 3. The highest BCUT2D eigenvalue weighted by atomic mass is 35.5. The van der Waals surface area contributed by atoms with Gasteiger partial charge in [-0.25, -0.2) is 23.7 Å². The summed E-state index contributed by atoms with van der Waals surface area (Å²) in [5, 5.41) is 0.335. The maximum absolute atomic E-state index is 14.0. The van der Waals surface area contributed by atoms with E-state index in [2.05, 4.69) is 19.8 Å². The molecule has 10 heteroatoms. The van der Waals surface area contributed by atoms with E-state index in [0.29, 0.717) is 71.6 Å². The topological polar surface area (TPSA) is 83.5 Å². The molecule has 1 aromatic carbocycles. The Kier molecular flexibility index (Phi) is 6.57. The van der Waals surface area contributed by atoms with E-state index in [1.165, 1.54) is 18.3 Å². The molecule has 1 aliphatic heterocycles. The van der Waals surface area contributed by atoms with E-state index in [9.17, 15) is 8.78 Å². The maximum atomic E-state index is 14.0. The fraction of sp³-hybridized carbons (Fsp3) is 0.273. The molecule has 3 aromatic rings. The van der Waals surface area contributed by atoms with Crippen LogP contribution in [0.5, 0.6) is 0 Å². The number of nitrogens with two attached hydrogens (primary N) is 1. The van der Waals surface area contributed by atoms with Crippen molar-refractivity contribution in [3.05, 3.63) is 64.7 Å². The van der Waals surface area contributed by atoms with Gasteiger partial charge in [0.1, 0.15) is 28.0 Å². The third-order valence-corrected chi connectivity index (χ3v) is 5.51. The second-order valence-corrected chi connectivity index (χ2v) is 7.79. The van der Waals surface area contributed by atoms with Gasteiger partial charge in [0, 0.05) is 75.5 Å². The molecule has 0 spiro atoms. The van der Waals surface area contributed by atoms with Crippen LogP contribution in [-0.2, 0) is 6.54 Å². The van der Waals surface area contributed by atoms with Crippen LogP contribution in [0.25, 0.3) is 16.6 Å². The van der Waals surface area contributed by atoms with E-state index in [4.69, 9.17) is 27.3 Å². The zero-order chi connectivity index (χ0) is 22.7. The molecule has 7 nitrogen and oxygen atoms in total. The van der Waals surface area contributed by atoms with Crippen LogP contribution in [0.15, 0.2) is 41.7 Å². The van der Waals surface area contributed by atoms with Gasteiger partial charge in [0.25, 0.3) is 0 Å². The lowest BCUT2D eigenvalue weighted by atomic mass is 10.1. The lowest BCUT2D eigenvalue weighted by Gasteiger charge is -2.36. The lowest BCUT2D eigenvalue weighted by Crippen LogP contribution is -2.46. The molecule has 0 bridgehead atoms. The molecule has 3 heterocycles. The Morgan fingerprint density at radius 3 is 2.62 bits per heavy atom. The van der Waals surface area contributed by atoms with E-state index >= 15 is 0 Å². The van der Waals surface area contributed by atoms with Crippen LogP contribution in [0.2, 0.25) is 5.15 Å². The molecule has 2 aromatic heterocycles. The summed E-state index contributed by atoms with van der Waals surface area (Å²) in [6.45, 7) is 3.06. The molecule has 1 fully saturated rings. The first-order chi connectivity index (χ1) is 15.5. The van der Waals surface area contributed by atoms with Gasteiger partial charge in [-0.05, 0) is 6.07 Å². The van der Waals surface area contributed by atoms with Crippen LogP contribution in [-0.4, -0.2) is 59.3 Å². The number of benzene rings is 1. The monoisotopic (exact) mass is 457 g/mol. The lowest BCUT2D eigenvalue weighted by molar-refractivity contribution is 0.246. The number of hydrogen-bond donors (Lipinski definition) is 1. The SMILES string of the molecule is CN=C/C(=C\N)c1nc2cnc(Cl)cc2nc1N1CCN(Cc2ccc(F)cc2F)CC1. The van der Waals surface area contributed by atoms with E-state index in [0.717, 1.165) is 6.07 Å². The Morgan fingerprint density at radius 1 is 1.16 bits per heavy atom. The molecule has 32 heavy (non-hydrogen) atoms. The second-order valence-electron chi connectivity index (χ2n) is 7.40. The zero-order valence-electron chi connectivity index (χ0n) is 17.5. The summed E-state index contributed by atoms with van der Waals surface area (Å²) in [5.74, 6) is -0.436. The molecule has 0 aliphatic carbocycles. The van der Waals surface area contributed by atoms with Crippen molar-refractivity contribution in [1.29, 1.82) is 0 Å². The largest absolute Gasteiger partial charge is 0.404 e. The molecule has 0 radical (unpaired) electrons. The number of nitrogens with zero attached hydrogens (tertiary/aromatic N) is 6.